The van der Waals surface area contributed by atoms with Crippen LogP contribution in [0.2, 0.25) is 0 Å². The Bertz CT molecular complexity index is 480. The summed E-state index contributed by atoms with van der Waals surface area (Å²) in [6.45, 7) is 2.15. The maximum absolute atomic E-state index is 12.2. The van der Waals surface area contributed by atoms with Gasteiger partial charge < -0.3 is 15.4 Å². The molecule has 0 bridgehead atoms. The highest BCUT2D eigenvalue weighted by atomic mass is 16.5. The third-order valence-corrected chi connectivity index (χ3v) is 2.57. The van der Waals surface area contributed by atoms with E-state index in [1.54, 1.807) is 32.2 Å². The van der Waals surface area contributed by atoms with Gasteiger partial charge in [0, 0.05) is 25.3 Å². The summed E-state index contributed by atoms with van der Waals surface area (Å²) in [5.74, 6) is 0.0455. The van der Waals surface area contributed by atoms with E-state index in [4.69, 9.17) is 15.7 Å². The van der Waals surface area contributed by atoms with Crippen LogP contribution in [0.15, 0.2) is 18.2 Å². The Hall–Kier alpha value is -2.22. The third-order valence-electron chi connectivity index (χ3n) is 2.57. The van der Waals surface area contributed by atoms with Gasteiger partial charge in [-0.3, -0.25) is 4.79 Å². The van der Waals surface area contributed by atoms with Crippen LogP contribution in [0.5, 0.6) is 5.75 Å². The summed E-state index contributed by atoms with van der Waals surface area (Å²) in [7, 11) is 3.15. The molecule has 18 heavy (non-hydrogen) atoms. The lowest BCUT2D eigenvalue weighted by atomic mass is 10.1. The van der Waals surface area contributed by atoms with Gasteiger partial charge in [-0.05, 0) is 19.1 Å². The predicted molar refractivity (Wildman–Crippen MR) is 69.1 cm³/mol. The van der Waals surface area contributed by atoms with Crippen LogP contribution in [0.1, 0.15) is 17.3 Å². The van der Waals surface area contributed by atoms with Gasteiger partial charge in [0.1, 0.15) is 5.75 Å². The first kappa shape index (κ1) is 13.8. The van der Waals surface area contributed by atoms with Gasteiger partial charge in [-0.25, -0.2) is 0 Å². The highest BCUT2D eigenvalue weighted by molar-refractivity contribution is 5.97. The Kier molecular flexibility index (Phi) is 4.55. The van der Waals surface area contributed by atoms with Gasteiger partial charge in [0.15, 0.2) is 0 Å². The molecule has 0 aliphatic carbocycles. The first-order chi connectivity index (χ1) is 8.49. The van der Waals surface area contributed by atoms with Gasteiger partial charge in [-0.15, -0.1) is 0 Å². The Labute approximate surface area is 107 Å². The minimum absolute atomic E-state index is 0.186. The number of carbonyl (C=O) groups is 1. The zero-order valence-electron chi connectivity index (χ0n) is 10.8. The van der Waals surface area contributed by atoms with Crippen LogP contribution in [-0.2, 0) is 0 Å². The molecule has 5 nitrogen and oxygen atoms in total. The van der Waals surface area contributed by atoms with Crippen LogP contribution >= 0.6 is 0 Å². The van der Waals surface area contributed by atoms with E-state index in [-0.39, 0.29) is 11.8 Å². The molecule has 1 atom stereocenters. The second kappa shape index (κ2) is 5.92. The smallest absolute Gasteiger partial charge is 0.257 e. The summed E-state index contributed by atoms with van der Waals surface area (Å²) >= 11 is 0. The van der Waals surface area contributed by atoms with E-state index in [2.05, 4.69) is 6.07 Å². The normalized spacial score (nSPS) is 11.4. The zero-order chi connectivity index (χ0) is 13.7. The standard InChI is InChI=1S/C13H17N3O2/c1-9(7-14)8-16(2)13(17)11-5-4-10(15)6-12(11)18-3/h4-6,9H,8,15H2,1-3H3. The van der Waals surface area contributed by atoms with Gasteiger partial charge in [0.2, 0.25) is 0 Å². The van der Waals surface area contributed by atoms with Crippen molar-refractivity contribution >= 4 is 11.6 Å². The van der Waals surface area contributed by atoms with Gasteiger partial charge >= 0.3 is 0 Å². The Balaban J connectivity index is 2.93. The lowest BCUT2D eigenvalue weighted by Crippen LogP contribution is -2.30. The maximum Gasteiger partial charge on any atom is 0.257 e. The average Bonchev–Trinajstić information content (AvgIpc) is 2.37. The molecule has 96 valence electrons. The Morgan fingerprint density at radius 3 is 2.83 bits per heavy atom. The fourth-order valence-electron chi connectivity index (χ4n) is 1.62. The Morgan fingerprint density at radius 2 is 2.28 bits per heavy atom. The molecular weight excluding hydrogens is 230 g/mol. The lowest BCUT2D eigenvalue weighted by molar-refractivity contribution is 0.0782. The molecule has 0 saturated heterocycles. The van der Waals surface area contributed by atoms with Crippen molar-refractivity contribution in [3.05, 3.63) is 23.8 Å². The summed E-state index contributed by atoms with van der Waals surface area (Å²) in [6.07, 6.45) is 0. The number of amides is 1. The summed E-state index contributed by atoms with van der Waals surface area (Å²) in [5.41, 5.74) is 6.62. The SMILES string of the molecule is COc1cc(N)ccc1C(=O)N(C)CC(C)C#N. The number of nitrogens with zero attached hydrogens (tertiary/aromatic N) is 2. The van der Waals surface area contributed by atoms with E-state index >= 15 is 0 Å². The number of ether oxygens (including phenoxy) is 1. The van der Waals surface area contributed by atoms with Gasteiger partial charge in [-0.1, -0.05) is 0 Å². The molecule has 1 unspecified atom stereocenters. The van der Waals surface area contributed by atoms with Crippen molar-refractivity contribution in [2.45, 2.75) is 6.92 Å². The number of carbonyl (C=O) groups excluding carboxylic acids is 1. The van der Waals surface area contributed by atoms with Crippen LogP contribution in [0.4, 0.5) is 5.69 Å². The van der Waals surface area contributed by atoms with Crippen LogP contribution in [0.3, 0.4) is 0 Å². The highest BCUT2D eigenvalue weighted by Gasteiger charge is 2.18. The number of benzene rings is 1. The first-order valence-electron chi connectivity index (χ1n) is 5.58. The molecule has 0 heterocycles. The average molecular weight is 247 g/mol. The van der Waals surface area contributed by atoms with E-state index in [9.17, 15) is 4.79 Å². The lowest BCUT2D eigenvalue weighted by Gasteiger charge is -2.19. The molecule has 5 heteroatoms. The van der Waals surface area contributed by atoms with Crippen LogP contribution in [0, 0.1) is 17.2 Å². The number of methoxy groups -OCH3 is 1. The van der Waals surface area contributed by atoms with E-state index in [1.807, 2.05) is 0 Å². The predicted octanol–water partition coefficient (Wildman–Crippen LogP) is 1.51. The highest BCUT2D eigenvalue weighted by Crippen LogP contribution is 2.22. The van der Waals surface area contributed by atoms with Crippen molar-refractivity contribution in [3.8, 4) is 11.8 Å². The minimum Gasteiger partial charge on any atom is -0.496 e. The summed E-state index contributed by atoms with van der Waals surface area (Å²) in [6, 6.07) is 6.98. The number of nitriles is 1. The van der Waals surface area contributed by atoms with E-state index < -0.39 is 0 Å². The van der Waals surface area contributed by atoms with Crippen LogP contribution < -0.4 is 10.5 Å². The van der Waals surface area contributed by atoms with E-state index in [1.165, 1.54) is 12.0 Å². The van der Waals surface area contributed by atoms with Gasteiger partial charge in [0.05, 0.1) is 24.7 Å². The summed E-state index contributed by atoms with van der Waals surface area (Å²) < 4.78 is 5.14. The number of anilines is 1. The molecule has 1 aromatic carbocycles. The fourth-order valence-corrected chi connectivity index (χ4v) is 1.62. The molecule has 0 aromatic heterocycles. The Morgan fingerprint density at radius 1 is 1.61 bits per heavy atom. The van der Waals surface area contributed by atoms with Crippen molar-refractivity contribution in [2.75, 3.05) is 26.4 Å². The molecule has 1 rings (SSSR count). The quantitative estimate of drug-likeness (QED) is 0.818. The number of hydrogen-bond acceptors (Lipinski definition) is 4. The van der Waals surface area contributed by atoms with Crippen molar-refractivity contribution in [3.63, 3.8) is 0 Å². The van der Waals surface area contributed by atoms with Crippen molar-refractivity contribution < 1.29 is 9.53 Å². The maximum atomic E-state index is 12.2. The number of rotatable bonds is 4. The van der Waals surface area contributed by atoms with Gasteiger partial charge in [-0.2, -0.15) is 5.26 Å². The van der Waals surface area contributed by atoms with Crippen LogP contribution in [0.25, 0.3) is 0 Å². The topological polar surface area (TPSA) is 79.3 Å². The molecule has 1 amide bonds. The van der Waals surface area contributed by atoms with Crippen molar-refractivity contribution in [1.29, 1.82) is 5.26 Å². The third kappa shape index (κ3) is 3.14. The minimum atomic E-state index is -0.210. The first-order valence-corrected chi connectivity index (χ1v) is 5.58. The van der Waals surface area contributed by atoms with Crippen molar-refractivity contribution in [2.24, 2.45) is 5.92 Å². The van der Waals surface area contributed by atoms with E-state index in [0.717, 1.165) is 0 Å². The van der Waals surface area contributed by atoms with Crippen LogP contribution in [-0.4, -0.2) is 31.5 Å². The number of nitrogen functional groups attached to an aromatic ring is 1. The molecule has 0 spiro atoms. The summed E-state index contributed by atoms with van der Waals surface area (Å²) in [5, 5.41) is 8.74. The van der Waals surface area contributed by atoms with Crippen molar-refractivity contribution in [1.82, 2.24) is 4.90 Å². The largest absolute Gasteiger partial charge is 0.496 e. The monoisotopic (exact) mass is 247 g/mol. The molecular formula is C13H17N3O2. The van der Waals surface area contributed by atoms with Gasteiger partial charge in [0.25, 0.3) is 5.91 Å². The zero-order valence-corrected chi connectivity index (χ0v) is 10.8. The summed E-state index contributed by atoms with van der Waals surface area (Å²) in [4.78, 5) is 13.7. The second-order valence-corrected chi connectivity index (χ2v) is 4.18. The van der Waals surface area contributed by atoms with E-state index in [0.29, 0.717) is 23.5 Å². The molecule has 2 N–H and O–H groups in total. The molecule has 0 saturated carbocycles. The number of hydrogen-bond donors (Lipinski definition) is 1. The molecule has 0 aliphatic heterocycles. The molecule has 0 fully saturated rings. The number of nitrogens with two attached hydrogens (primary N) is 1. The fraction of sp³-hybridized carbons (Fsp3) is 0.385. The molecule has 0 radical (unpaired) electrons. The molecule has 1 aromatic rings. The second-order valence-electron chi connectivity index (χ2n) is 4.18. The molecule has 0 aliphatic rings.